The lowest BCUT2D eigenvalue weighted by atomic mass is 10.1. The van der Waals surface area contributed by atoms with Gasteiger partial charge in [0.25, 0.3) is 11.8 Å². The Hall–Kier alpha value is -4.25. The van der Waals surface area contributed by atoms with Gasteiger partial charge in [0.2, 0.25) is 0 Å². The number of benzene rings is 4. The topological polar surface area (TPSA) is 70.6 Å². The van der Waals surface area contributed by atoms with Gasteiger partial charge in [-0.15, -0.1) is 0 Å². The first-order valence-corrected chi connectivity index (χ1v) is 9.49. The van der Waals surface area contributed by atoms with Crippen LogP contribution in [0.1, 0.15) is 26.3 Å². The molecule has 4 rings (SSSR count). The Bertz CT molecular complexity index is 1230. The maximum absolute atomic E-state index is 12.7. The molecule has 0 aliphatic rings. The fourth-order valence-electron chi connectivity index (χ4n) is 3.16. The zero-order chi connectivity index (χ0) is 20.8. The van der Waals surface area contributed by atoms with Crippen molar-refractivity contribution in [2.75, 3.05) is 5.32 Å². The number of para-hydroxylation sites is 1. The highest BCUT2D eigenvalue weighted by molar-refractivity contribution is 6.09. The SMILES string of the molecule is O=C(Nc1ccccc1C(=O)N/N=C\c1cccc2ccccc12)c1ccccc1. The van der Waals surface area contributed by atoms with Gasteiger partial charge in [-0.25, -0.2) is 5.43 Å². The summed E-state index contributed by atoms with van der Waals surface area (Å²) in [5.74, 6) is -0.689. The van der Waals surface area contributed by atoms with Crippen LogP contribution in [0.2, 0.25) is 0 Å². The van der Waals surface area contributed by atoms with Crippen LogP contribution >= 0.6 is 0 Å². The molecule has 0 aromatic heterocycles. The molecule has 4 aromatic carbocycles. The molecule has 0 saturated heterocycles. The van der Waals surface area contributed by atoms with Gasteiger partial charge in [0, 0.05) is 11.1 Å². The molecule has 5 nitrogen and oxygen atoms in total. The summed E-state index contributed by atoms with van der Waals surface area (Å²) in [5.41, 5.74) is 4.71. The first-order valence-electron chi connectivity index (χ1n) is 9.49. The predicted octanol–water partition coefficient (Wildman–Crippen LogP) is 4.86. The van der Waals surface area contributed by atoms with E-state index in [4.69, 9.17) is 0 Å². The molecular weight excluding hydrogens is 374 g/mol. The maximum atomic E-state index is 12.7. The Morgan fingerprint density at radius 3 is 2.27 bits per heavy atom. The maximum Gasteiger partial charge on any atom is 0.273 e. The lowest BCUT2D eigenvalue weighted by Crippen LogP contribution is -2.21. The normalized spacial score (nSPS) is 10.8. The van der Waals surface area contributed by atoms with Gasteiger partial charge in [-0.05, 0) is 35.0 Å². The van der Waals surface area contributed by atoms with Crippen LogP contribution in [0.4, 0.5) is 5.69 Å². The van der Waals surface area contributed by atoms with Crippen molar-refractivity contribution in [2.24, 2.45) is 5.10 Å². The monoisotopic (exact) mass is 393 g/mol. The first kappa shape index (κ1) is 19.1. The average Bonchev–Trinajstić information content (AvgIpc) is 2.80. The summed E-state index contributed by atoms with van der Waals surface area (Å²) in [6, 6.07) is 29.5. The highest BCUT2D eigenvalue weighted by Gasteiger charge is 2.13. The lowest BCUT2D eigenvalue weighted by Gasteiger charge is -2.10. The number of nitrogens with zero attached hydrogens (tertiary/aromatic N) is 1. The summed E-state index contributed by atoms with van der Waals surface area (Å²) >= 11 is 0. The number of carbonyl (C=O) groups excluding carboxylic acids is 2. The molecule has 2 N–H and O–H groups in total. The molecule has 0 aliphatic carbocycles. The molecule has 30 heavy (non-hydrogen) atoms. The lowest BCUT2D eigenvalue weighted by molar-refractivity contribution is 0.0956. The smallest absolute Gasteiger partial charge is 0.273 e. The minimum Gasteiger partial charge on any atom is -0.321 e. The van der Waals surface area contributed by atoms with Gasteiger partial charge in [-0.2, -0.15) is 5.10 Å². The Kier molecular flexibility index (Phi) is 5.62. The minimum atomic E-state index is -0.407. The van der Waals surface area contributed by atoms with Gasteiger partial charge in [-0.3, -0.25) is 9.59 Å². The van der Waals surface area contributed by atoms with Crippen molar-refractivity contribution >= 4 is 34.5 Å². The average molecular weight is 393 g/mol. The third kappa shape index (κ3) is 4.25. The fraction of sp³-hybridized carbons (Fsp3) is 0. The minimum absolute atomic E-state index is 0.282. The second kappa shape index (κ2) is 8.84. The molecule has 0 saturated carbocycles. The van der Waals surface area contributed by atoms with E-state index in [0.717, 1.165) is 16.3 Å². The number of nitrogens with one attached hydrogen (secondary N) is 2. The number of amides is 2. The molecule has 0 fully saturated rings. The standard InChI is InChI=1S/C25H19N3O2/c29-24(19-10-2-1-3-11-19)27-23-16-7-6-15-22(23)25(30)28-26-17-20-13-8-12-18-9-4-5-14-21(18)20/h1-17H,(H,27,29)(H,28,30)/b26-17-. The van der Waals surface area contributed by atoms with E-state index < -0.39 is 5.91 Å². The zero-order valence-electron chi connectivity index (χ0n) is 16.1. The molecule has 0 heterocycles. The molecule has 0 bridgehead atoms. The first-order chi connectivity index (χ1) is 14.7. The van der Waals surface area contributed by atoms with Crippen molar-refractivity contribution < 1.29 is 9.59 Å². The Labute approximate surface area is 174 Å². The van der Waals surface area contributed by atoms with Gasteiger partial charge in [0.05, 0.1) is 17.5 Å². The van der Waals surface area contributed by atoms with E-state index in [1.165, 1.54) is 0 Å². The summed E-state index contributed by atoms with van der Waals surface area (Å²) in [5, 5.41) is 9.05. The molecular formula is C25H19N3O2. The number of hydrazone groups is 1. The molecule has 146 valence electrons. The van der Waals surface area contributed by atoms with Crippen LogP contribution in [-0.2, 0) is 0 Å². The summed E-state index contributed by atoms with van der Waals surface area (Å²) < 4.78 is 0. The second-order valence-electron chi connectivity index (χ2n) is 6.63. The van der Waals surface area contributed by atoms with Gasteiger partial charge >= 0.3 is 0 Å². The van der Waals surface area contributed by atoms with Crippen molar-refractivity contribution in [2.45, 2.75) is 0 Å². The summed E-state index contributed by atoms with van der Waals surface area (Å²) in [4.78, 5) is 25.1. The van der Waals surface area contributed by atoms with Crippen LogP contribution in [0.25, 0.3) is 10.8 Å². The molecule has 0 radical (unpaired) electrons. The van der Waals surface area contributed by atoms with Crippen molar-refractivity contribution in [3.05, 3.63) is 114 Å². The van der Waals surface area contributed by atoms with E-state index >= 15 is 0 Å². The van der Waals surface area contributed by atoms with E-state index in [1.54, 1.807) is 54.7 Å². The summed E-state index contributed by atoms with van der Waals surface area (Å²) in [6.07, 6.45) is 1.62. The number of anilines is 1. The van der Waals surface area contributed by atoms with Crippen molar-refractivity contribution in [3.8, 4) is 0 Å². The fourth-order valence-corrected chi connectivity index (χ4v) is 3.16. The Morgan fingerprint density at radius 2 is 1.40 bits per heavy atom. The van der Waals surface area contributed by atoms with Crippen molar-refractivity contribution in [1.82, 2.24) is 5.43 Å². The van der Waals surface area contributed by atoms with Crippen molar-refractivity contribution in [1.29, 1.82) is 0 Å². The van der Waals surface area contributed by atoms with Gasteiger partial charge in [0.15, 0.2) is 0 Å². The predicted molar refractivity (Wildman–Crippen MR) is 120 cm³/mol. The number of rotatable bonds is 5. The second-order valence-corrected chi connectivity index (χ2v) is 6.63. The number of carbonyl (C=O) groups is 2. The third-order valence-corrected chi connectivity index (χ3v) is 4.65. The van der Waals surface area contributed by atoms with Gasteiger partial charge in [0.1, 0.15) is 0 Å². The largest absolute Gasteiger partial charge is 0.321 e. The Balaban J connectivity index is 1.50. The van der Waals surface area contributed by atoms with E-state index in [0.29, 0.717) is 16.8 Å². The molecule has 4 aromatic rings. The Morgan fingerprint density at radius 1 is 0.700 bits per heavy atom. The molecule has 0 unspecified atom stereocenters. The molecule has 0 atom stereocenters. The van der Waals surface area contributed by atoms with E-state index in [2.05, 4.69) is 15.8 Å². The zero-order valence-corrected chi connectivity index (χ0v) is 16.1. The molecule has 0 spiro atoms. The van der Waals surface area contributed by atoms with Crippen molar-refractivity contribution in [3.63, 3.8) is 0 Å². The van der Waals surface area contributed by atoms with Crippen LogP contribution in [-0.4, -0.2) is 18.0 Å². The van der Waals surface area contributed by atoms with Crippen LogP contribution in [0, 0.1) is 0 Å². The summed E-state index contributed by atoms with van der Waals surface area (Å²) in [6.45, 7) is 0. The van der Waals surface area contributed by atoms with E-state index in [-0.39, 0.29) is 5.91 Å². The molecule has 5 heteroatoms. The van der Waals surface area contributed by atoms with Gasteiger partial charge < -0.3 is 5.32 Å². The van der Waals surface area contributed by atoms with E-state index in [1.807, 2.05) is 48.5 Å². The van der Waals surface area contributed by atoms with Gasteiger partial charge in [-0.1, -0.05) is 72.8 Å². The highest BCUT2D eigenvalue weighted by atomic mass is 16.2. The van der Waals surface area contributed by atoms with Crippen LogP contribution < -0.4 is 10.7 Å². The molecule has 2 amide bonds. The van der Waals surface area contributed by atoms with Crippen LogP contribution in [0.5, 0.6) is 0 Å². The third-order valence-electron chi connectivity index (χ3n) is 4.65. The highest BCUT2D eigenvalue weighted by Crippen LogP contribution is 2.18. The van der Waals surface area contributed by atoms with Crippen LogP contribution in [0.15, 0.2) is 102 Å². The quantitative estimate of drug-likeness (QED) is 0.376. The summed E-state index contributed by atoms with van der Waals surface area (Å²) in [7, 11) is 0. The number of hydrogen-bond donors (Lipinski definition) is 2. The molecule has 0 aliphatic heterocycles. The van der Waals surface area contributed by atoms with Crippen LogP contribution in [0.3, 0.4) is 0 Å². The number of hydrogen-bond acceptors (Lipinski definition) is 3. The van der Waals surface area contributed by atoms with E-state index in [9.17, 15) is 9.59 Å². The number of fused-ring (bicyclic) bond motifs is 1.